The van der Waals surface area contributed by atoms with Crippen LogP contribution in [0.25, 0.3) is 5.65 Å². The largest absolute Gasteiger partial charge is 0.354 e. The van der Waals surface area contributed by atoms with E-state index in [1.54, 1.807) is 6.20 Å². The lowest BCUT2D eigenvalue weighted by Crippen LogP contribution is -2.49. The number of hydrogen-bond acceptors (Lipinski definition) is 8. The summed E-state index contributed by atoms with van der Waals surface area (Å²) in [4.78, 5) is 20.6. The minimum absolute atomic E-state index is 0.400. The van der Waals surface area contributed by atoms with Gasteiger partial charge >= 0.3 is 0 Å². The number of hydrogen-bond donors (Lipinski definition) is 3. The molecule has 0 saturated carbocycles. The van der Waals surface area contributed by atoms with E-state index < -0.39 is 0 Å². The van der Waals surface area contributed by atoms with Crippen LogP contribution >= 0.6 is 0 Å². The van der Waals surface area contributed by atoms with E-state index in [1.807, 2.05) is 53.3 Å². The summed E-state index contributed by atoms with van der Waals surface area (Å²) in [6, 6.07) is 10.4. The van der Waals surface area contributed by atoms with Gasteiger partial charge in [-0.2, -0.15) is 9.97 Å². The molecule has 1 aliphatic heterocycles. The predicted octanol–water partition coefficient (Wildman–Crippen LogP) is 3.37. The second-order valence-electron chi connectivity index (χ2n) is 8.00. The molecular formula is C23H27N9. The van der Waals surface area contributed by atoms with E-state index >= 15 is 0 Å². The Kier molecular flexibility index (Phi) is 5.55. The Balaban J connectivity index is 1.47. The Labute approximate surface area is 187 Å². The molecule has 164 valence electrons. The Hall–Kier alpha value is -3.72. The van der Waals surface area contributed by atoms with E-state index in [0.717, 1.165) is 49.0 Å². The molecule has 1 saturated heterocycles. The van der Waals surface area contributed by atoms with E-state index in [9.17, 15) is 0 Å². The highest BCUT2D eigenvalue weighted by molar-refractivity contribution is 5.65. The molecule has 0 radical (unpaired) electrons. The van der Waals surface area contributed by atoms with Gasteiger partial charge in [0.1, 0.15) is 23.1 Å². The maximum atomic E-state index is 4.81. The number of pyridine rings is 2. The summed E-state index contributed by atoms with van der Waals surface area (Å²) >= 11 is 0. The normalized spacial score (nSPS) is 16.3. The highest BCUT2D eigenvalue weighted by Crippen LogP contribution is 2.24. The molecule has 0 spiro atoms. The molecule has 4 aromatic rings. The van der Waals surface area contributed by atoms with E-state index in [-0.39, 0.29) is 0 Å². The zero-order chi connectivity index (χ0) is 21.9. The third-order valence-corrected chi connectivity index (χ3v) is 5.55. The molecule has 0 aromatic carbocycles. The third-order valence-electron chi connectivity index (χ3n) is 5.55. The molecule has 0 unspecified atom stereocenters. The van der Waals surface area contributed by atoms with Gasteiger partial charge < -0.3 is 25.3 Å². The smallest absolute Gasteiger partial charge is 0.232 e. The van der Waals surface area contributed by atoms with Crippen LogP contribution in [0.5, 0.6) is 0 Å². The Morgan fingerprint density at radius 2 is 1.97 bits per heavy atom. The first-order chi connectivity index (χ1) is 15.7. The second-order valence-corrected chi connectivity index (χ2v) is 8.00. The topological polar surface area (TPSA) is 95.3 Å². The summed E-state index contributed by atoms with van der Waals surface area (Å²) in [5.41, 5.74) is 3.00. The van der Waals surface area contributed by atoms with Crippen molar-refractivity contribution in [1.29, 1.82) is 0 Å². The number of anilines is 5. The molecule has 1 fully saturated rings. The molecule has 1 atom stereocenters. The van der Waals surface area contributed by atoms with Crippen molar-refractivity contribution in [3.8, 4) is 0 Å². The average Bonchev–Trinajstić information content (AvgIpc) is 3.27. The highest BCUT2D eigenvalue weighted by Gasteiger charge is 2.19. The van der Waals surface area contributed by atoms with Crippen molar-refractivity contribution in [2.75, 3.05) is 35.2 Å². The van der Waals surface area contributed by atoms with Crippen molar-refractivity contribution in [2.24, 2.45) is 0 Å². The van der Waals surface area contributed by atoms with Crippen molar-refractivity contribution >= 4 is 34.7 Å². The molecule has 9 nitrogen and oxygen atoms in total. The second kappa shape index (κ2) is 8.80. The van der Waals surface area contributed by atoms with E-state index in [4.69, 9.17) is 9.97 Å². The van der Waals surface area contributed by atoms with Crippen LogP contribution in [0, 0.1) is 0 Å². The minimum Gasteiger partial charge on any atom is -0.354 e. The van der Waals surface area contributed by atoms with Gasteiger partial charge in [0.05, 0.1) is 0 Å². The summed E-state index contributed by atoms with van der Waals surface area (Å²) in [5.74, 6) is 2.84. The molecule has 5 heterocycles. The zero-order valence-corrected chi connectivity index (χ0v) is 18.3. The van der Waals surface area contributed by atoms with Crippen LogP contribution in [0.15, 0.2) is 55.1 Å². The van der Waals surface area contributed by atoms with Gasteiger partial charge in [-0.3, -0.25) is 0 Å². The van der Waals surface area contributed by atoms with Crippen molar-refractivity contribution in [3.63, 3.8) is 0 Å². The number of nitrogens with zero attached hydrogens (tertiary/aromatic N) is 6. The fourth-order valence-corrected chi connectivity index (χ4v) is 3.87. The van der Waals surface area contributed by atoms with Crippen molar-refractivity contribution in [2.45, 2.75) is 26.3 Å². The third kappa shape index (κ3) is 4.47. The number of nitrogens with one attached hydrogen (secondary N) is 3. The van der Waals surface area contributed by atoms with Gasteiger partial charge in [0.15, 0.2) is 0 Å². The molecule has 1 aliphatic rings. The van der Waals surface area contributed by atoms with Gasteiger partial charge in [0, 0.05) is 68.3 Å². The van der Waals surface area contributed by atoms with E-state index in [1.165, 1.54) is 5.56 Å². The first-order valence-electron chi connectivity index (χ1n) is 11.0. The van der Waals surface area contributed by atoms with Crippen LogP contribution in [0.2, 0.25) is 0 Å². The van der Waals surface area contributed by atoms with Crippen LogP contribution in [-0.4, -0.2) is 50.0 Å². The summed E-state index contributed by atoms with van der Waals surface area (Å²) in [6.07, 6.45) is 8.44. The monoisotopic (exact) mass is 429 g/mol. The number of rotatable bonds is 6. The summed E-state index contributed by atoms with van der Waals surface area (Å²) < 4.78 is 1.97. The number of fused-ring (bicyclic) bond motifs is 1. The van der Waals surface area contributed by atoms with Gasteiger partial charge in [-0.15, -0.1) is 0 Å². The number of imidazole rings is 1. The van der Waals surface area contributed by atoms with Gasteiger partial charge in [-0.25, -0.2) is 9.97 Å². The van der Waals surface area contributed by atoms with Crippen LogP contribution in [0.3, 0.4) is 0 Å². The molecule has 9 heteroatoms. The highest BCUT2D eigenvalue weighted by atomic mass is 15.3. The Bertz CT molecular complexity index is 1220. The lowest BCUT2D eigenvalue weighted by atomic mass is 10.2. The standard InChI is InChI=1S/C23H27N9/c1-3-17-4-6-25-19(12-17)28-23-29-20(14-22(30-23)32-11-7-24-16(2)15-32)27-18-5-9-31-10-8-26-21(31)13-18/h4-6,8-10,12-14,16,24H,3,7,11,15H2,1-2H3,(H2,25,27,28,29,30)/t16-/m0/s1. The molecule has 32 heavy (non-hydrogen) atoms. The lowest BCUT2D eigenvalue weighted by Gasteiger charge is -2.33. The fourth-order valence-electron chi connectivity index (χ4n) is 3.87. The van der Waals surface area contributed by atoms with Crippen LogP contribution < -0.4 is 20.9 Å². The Morgan fingerprint density at radius 3 is 2.84 bits per heavy atom. The Morgan fingerprint density at radius 1 is 1.03 bits per heavy atom. The van der Waals surface area contributed by atoms with Gasteiger partial charge in [0.2, 0.25) is 5.95 Å². The summed E-state index contributed by atoms with van der Waals surface area (Å²) in [7, 11) is 0. The van der Waals surface area contributed by atoms with Crippen LogP contribution in [0.1, 0.15) is 19.4 Å². The maximum absolute atomic E-state index is 4.81. The number of aromatic nitrogens is 5. The van der Waals surface area contributed by atoms with Crippen molar-refractivity contribution < 1.29 is 0 Å². The molecular weight excluding hydrogens is 402 g/mol. The average molecular weight is 430 g/mol. The molecule has 0 bridgehead atoms. The quantitative estimate of drug-likeness (QED) is 0.429. The van der Waals surface area contributed by atoms with Crippen molar-refractivity contribution in [1.82, 2.24) is 29.7 Å². The molecule has 0 aliphatic carbocycles. The van der Waals surface area contributed by atoms with Crippen LogP contribution in [0.4, 0.5) is 29.1 Å². The lowest BCUT2D eigenvalue weighted by molar-refractivity contribution is 0.482. The molecule has 4 aromatic heterocycles. The predicted molar refractivity (Wildman–Crippen MR) is 127 cm³/mol. The summed E-state index contributed by atoms with van der Waals surface area (Å²) in [5, 5.41) is 10.2. The van der Waals surface area contributed by atoms with Crippen LogP contribution in [-0.2, 0) is 6.42 Å². The van der Waals surface area contributed by atoms with Gasteiger partial charge in [-0.05, 0) is 37.1 Å². The van der Waals surface area contributed by atoms with E-state index in [2.05, 4.69) is 44.7 Å². The maximum Gasteiger partial charge on any atom is 0.232 e. The van der Waals surface area contributed by atoms with E-state index in [0.29, 0.717) is 17.8 Å². The SMILES string of the molecule is CCc1ccnc(Nc2nc(Nc3ccn4ccnc4c3)cc(N3CCN[C@@H](C)C3)n2)c1. The molecule has 3 N–H and O–H groups in total. The first kappa shape index (κ1) is 20.2. The number of piperazine rings is 1. The van der Waals surface area contributed by atoms with Gasteiger partial charge in [0.25, 0.3) is 0 Å². The number of aryl methyl sites for hydroxylation is 1. The summed E-state index contributed by atoms with van der Waals surface area (Å²) in [6.45, 7) is 7.02. The first-order valence-corrected chi connectivity index (χ1v) is 11.0. The minimum atomic E-state index is 0.400. The van der Waals surface area contributed by atoms with Gasteiger partial charge in [-0.1, -0.05) is 6.92 Å². The zero-order valence-electron chi connectivity index (χ0n) is 18.3. The molecule has 5 rings (SSSR count). The van der Waals surface area contributed by atoms with Crippen molar-refractivity contribution in [3.05, 3.63) is 60.7 Å². The fraction of sp³-hybridized carbons (Fsp3) is 0.304. The molecule has 0 amide bonds.